The van der Waals surface area contributed by atoms with Crippen LogP contribution in [-0.4, -0.2) is 31.1 Å². The van der Waals surface area contributed by atoms with Crippen molar-refractivity contribution in [2.24, 2.45) is 5.73 Å². The van der Waals surface area contributed by atoms with Gasteiger partial charge in [0.05, 0.1) is 23.4 Å². The lowest BCUT2D eigenvalue weighted by atomic mass is 10.1. The van der Waals surface area contributed by atoms with Gasteiger partial charge in [0.15, 0.2) is 11.5 Å². The maximum absolute atomic E-state index is 13.1. The molecule has 0 fully saturated rings. The van der Waals surface area contributed by atoms with Crippen molar-refractivity contribution in [2.75, 3.05) is 25.5 Å². The number of urea groups is 1. The van der Waals surface area contributed by atoms with E-state index in [2.05, 4.69) is 5.32 Å². The van der Waals surface area contributed by atoms with Gasteiger partial charge >= 0.3 is 12.2 Å². The van der Waals surface area contributed by atoms with Crippen LogP contribution in [0.1, 0.15) is 16.7 Å². The number of alkyl halides is 3. The van der Waals surface area contributed by atoms with Gasteiger partial charge in [-0.25, -0.2) is 4.79 Å². The van der Waals surface area contributed by atoms with Gasteiger partial charge in [0.2, 0.25) is 0 Å². The molecule has 0 unspecified atom stereocenters. The van der Waals surface area contributed by atoms with Crippen molar-refractivity contribution in [1.29, 1.82) is 0 Å². The monoisotopic (exact) mass is 507 g/mol. The molecule has 35 heavy (non-hydrogen) atoms. The standard InChI is InChI=1S/C25H25ClF3N3O3/c1-34-23-13-18(7-10-22(23)35-16-17-5-3-2-4-6-17)15-32(12-11-30)24(33)31-21-14-19(25(27,28)29)8-9-20(21)26/h2-10,13-14H,11-12,15-16,30H2,1H3,(H,31,33). The highest BCUT2D eigenvalue weighted by molar-refractivity contribution is 6.33. The first kappa shape index (κ1) is 26.2. The van der Waals surface area contributed by atoms with Crippen LogP contribution in [0.2, 0.25) is 5.02 Å². The summed E-state index contributed by atoms with van der Waals surface area (Å²) < 4.78 is 50.5. The van der Waals surface area contributed by atoms with Crippen molar-refractivity contribution in [2.45, 2.75) is 19.3 Å². The molecular formula is C25H25ClF3N3O3. The Morgan fingerprint density at radius 1 is 1.03 bits per heavy atom. The number of halogens is 4. The number of ether oxygens (including phenoxy) is 2. The van der Waals surface area contributed by atoms with Gasteiger partial charge in [0.25, 0.3) is 0 Å². The lowest BCUT2D eigenvalue weighted by Crippen LogP contribution is -2.38. The fourth-order valence-electron chi connectivity index (χ4n) is 3.29. The van der Waals surface area contributed by atoms with Gasteiger partial charge in [-0.3, -0.25) is 0 Å². The van der Waals surface area contributed by atoms with Gasteiger partial charge in [0.1, 0.15) is 6.61 Å². The van der Waals surface area contributed by atoms with E-state index in [1.165, 1.54) is 12.0 Å². The third kappa shape index (κ3) is 7.27. The summed E-state index contributed by atoms with van der Waals surface area (Å²) in [6.07, 6.45) is -4.57. The molecule has 3 rings (SSSR count). The van der Waals surface area contributed by atoms with Crippen molar-refractivity contribution < 1.29 is 27.4 Å². The molecule has 2 amide bonds. The van der Waals surface area contributed by atoms with Crippen LogP contribution in [0.3, 0.4) is 0 Å². The normalized spacial score (nSPS) is 11.1. The van der Waals surface area contributed by atoms with Gasteiger partial charge in [-0.1, -0.05) is 48.0 Å². The summed E-state index contributed by atoms with van der Waals surface area (Å²) in [7, 11) is 1.51. The SMILES string of the molecule is COc1cc(CN(CCN)C(=O)Nc2cc(C(F)(F)F)ccc2Cl)ccc1OCc1ccccc1. The molecule has 6 nitrogen and oxygen atoms in total. The second-order valence-corrected chi connectivity index (χ2v) is 8.00. The van der Waals surface area contributed by atoms with Gasteiger partial charge in [-0.05, 0) is 41.5 Å². The van der Waals surface area contributed by atoms with E-state index >= 15 is 0 Å². The van der Waals surface area contributed by atoms with E-state index in [1.54, 1.807) is 18.2 Å². The molecule has 0 saturated heterocycles. The molecule has 0 aromatic heterocycles. The smallest absolute Gasteiger partial charge is 0.416 e. The van der Waals surface area contributed by atoms with Gasteiger partial charge in [0, 0.05) is 19.6 Å². The van der Waals surface area contributed by atoms with Crippen molar-refractivity contribution in [1.82, 2.24) is 4.90 Å². The first-order valence-electron chi connectivity index (χ1n) is 10.7. The fourth-order valence-corrected chi connectivity index (χ4v) is 3.45. The molecule has 0 spiro atoms. The first-order valence-corrected chi connectivity index (χ1v) is 11.1. The quantitative estimate of drug-likeness (QED) is 0.376. The van der Waals surface area contributed by atoms with Crippen LogP contribution < -0.4 is 20.5 Å². The number of benzene rings is 3. The van der Waals surface area contributed by atoms with E-state index in [4.69, 9.17) is 26.8 Å². The highest BCUT2D eigenvalue weighted by atomic mass is 35.5. The van der Waals surface area contributed by atoms with E-state index in [0.29, 0.717) is 23.7 Å². The lowest BCUT2D eigenvalue weighted by molar-refractivity contribution is -0.137. The van der Waals surface area contributed by atoms with E-state index in [9.17, 15) is 18.0 Å². The number of carbonyl (C=O) groups is 1. The summed E-state index contributed by atoms with van der Waals surface area (Å²) in [5.41, 5.74) is 6.31. The average molecular weight is 508 g/mol. The zero-order chi connectivity index (χ0) is 25.4. The number of methoxy groups -OCH3 is 1. The number of anilines is 1. The number of carbonyl (C=O) groups excluding carboxylic acids is 1. The van der Waals surface area contributed by atoms with Crippen molar-refractivity contribution in [3.05, 3.63) is 88.4 Å². The van der Waals surface area contributed by atoms with Gasteiger partial charge < -0.3 is 25.4 Å². The Hall–Kier alpha value is -3.43. The largest absolute Gasteiger partial charge is 0.493 e. The molecular weight excluding hydrogens is 483 g/mol. The Bertz CT molecular complexity index is 1140. The van der Waals surface area contributed by atoms with Crippen molar-refractivity contribution >= 4 is 23.3 Å². The number of nitrogens with two attached hydrogens (primary N) is 1. The van der Waals surface area contributed by atoms with Crippen LogP contribution >= 0.6 is 11.6 Å². The van der Waals surface area contributed by atoms with Crippen LogP contribution in [0, 0.1) is 0 Å². The zero-order valence-electron chi connectivity index (χ0n) is 18.9. The van der Waals surface area contributed by atoms with Crippen LogP contribution in [-0.2, 0) is 19.3 Å². The van der Waals surface area contributed by atoms with Crippen LogP contribution in [0.15, 0.2) is 66.7 Å². The lowest BCUT2D eigenvalue weighted by Gasteiger charge is -2.24. The average Bonchev–Trinajstić information content (AvgIpc) is 2.84. The van der Waals surface area contributed by atoms with Gasteiger partial charge in [-0.2, -0.15) is 13.2 Å². The topological polar surface area (TPSA) is 76.8 Å². The van der Waals surface area contributed by atoms with Crippen molar-refractivity contribution in [3.63, 3.8) is 0 Å². The Balaban J connectivity index is 1.73. The highest BCUT2D eigenvalue weighted by Gasteiger charge is 2.31. The van der Waals surface area contributed by atoms with E-state index in [0.717, 1.165) is 23.8 Å². The minimum Gasteiger partial charge on any atom is -0.493 e. The van der Waals surface area contributed by atoms with Crippen LogP contribution in [0.5, 0.6) is 11.5 Å². The molecule has 10 heteroatoms. The molecule has 0 heterocycles. The summed E-state index contributed by atoms with van der Waals surface area (Å²) in [4.78, 5) is 14.2. The minimum atomic E-state index is -4.57. The summed E-state index contributed by atoms with van der Waals surface area (Å²) in [5.74, 6) is 1.01. The molecule has 186 valence electrons. The Morgan fingerprint density at radius 3 is 2.43 bits per heavy atom. The summed E-state index contributed by atoms with van der Waals surface area (Å²) >= 11 is 6.01. The highest BCUT2D eigenvalue weighted by Crippen LogP contribution is 2.34. The molecule has 0 aliphatic rings. The Morgan fingerprint density at radius 2 is 1.77 bits per heavy atom. The molecule has 3 aromatic carbocycles. The number of hydrogen-bond acceptors (Lipinski definition) is 4. The predicted molar refractivity (Wildman–Crippen MR) is 129 cm³/mol. The first-order chi connectivity index (χ1) is 16.7. The van der Waals surface area contributed by atoms with Gasteiger partial charge in [-0.15, -0.1) is 0 Å². The summed E-state index contributed by atoms with van der Waals surface area (Å²) in [5, 5.41) is 2.44. The third-order valence-electron chi connectivity index (χ3n) is 5.06. The number of rotatable bonds is 9. The second kappa shape index (κ2) is 11.8. The Labute approximate surface area is 206 Å². The molecule has 0 saturated carbocycles. The fraction of sp³-hybridized carbons (Fsp3) is 0.240. The number of nitrogens with one attached hydrogen (secondary N) is 1. The number of nitrogens with zero attached hydrogens (tertiary/aromatic N) is 1. The van der Waals surface area contributed by atoms with E-state index in [-0.39, 0.29) is 30.3 Å². The van der Waals surface area contributed by atoms with Crippen LogP contribution in [0.4, 0.5) is 23.7 Å². The maximum Gasteiger partial charge on any atom is 0.416 e. The summed E-state index contributed by atoms with van der Waals surface area (Å²) in [6, 6.07) is 17.0. The zero-order valence-corrected chi connectivity index (χ0v) is 19.7. The Kier molecular flexibility index (Phi) is 8.84. The molecule has 0 radical (unpaired) electrons. The number of amides is 2. The predicted octanol–water partition coefficient (Wildman–Crippen LogP) is 5.94. The third-order valence-corrected chi connectivity index (χ3v) is 5.39. The molecule has 0 bridgehead atoms. The maximum atomic E-state index is 13.1. The van der Waals surface area contributed by atoms with E-state index < -0.39 is 17.8 Å². The summed E-state index contributed by atoms with van der Waals surface area (Å²) in [6.45, 7) is 0.807. The molecule has 3 N–H and O–H groups in total. The minimum absolute atomic E-state index is 0.0133. The molecule has 0 aliphatic carbocycles. The van der Waals surface area contributed by atoms with Crippen LogP contribution in [0.25, 0.3) is 0 Å². The number of hydrogen-bond donors (Lipinski definition) is 2. The molecule has 0 atom stereocenters. The second-order valence-electron chi connectivity index (χ2n) is 7.59. The van der Waals surface area contributed by atoms with E-state index in [1.807, 2.05) is 30.3 Å². The van der Waals surface area contributed by atoms with Crippen molar-refractivity contribution in [3.8, 4) is 11.5 Å². The molecule has 0 aliphatic heterocycles. The molecule has 3 aromatic rings.